The second-order valence-electron chi connectivity index (χ2n) is 8.67. The number of aromatic nitrogens is 3. The van der Waals surface area contributed by atoms with Crippen LogP contribution in [0.5, 0.6) is 0 Å². The summed E-state index contributed by atoms with van der Waals surface area (Å²) in [7, 11) is 0. The van der Waals surface area contributed by atoms with E-state index in [1.54, 1.807) is 0 Å². The van der Waals surface area contributed by atoms with Gasteiger partial charge in [-0.15, -0.1) is 0 Å². The molecule has 0 aliphatic carbocycles. The van der Waals surface area contributed by atoms with E-state index >= 15 is 0 Å². The molecule has 5 nitrogen and oxygen atoms in total. The zero-order valence-corrected chi connectivity index (χ0v) is 17.0. The van der Waals surface area contributed by atoms with E-state index in [0.717, 1.165) is 42.4 Å². The predicted molar refractivity (Wildman–Crippen MR) is 113 cm³/mol. The highest BCUT2D eigenvalue weighted by molar-refractivity contribution is 5.79. The molecule has 1 aliphatic heterocycles. The number of imidazole rings is 1. The molecule has 2 aromatic heterocycles. The Kier molecular flexibility index (Phi) is 4.33. The van der Waals surface area contributed by atoms with Gasteiger partial charge in [-0.05, 0) is 48.6 Å². The smallest absolute Gasteiger partial charge is 0.204 e. The number of benzene rings is 1. The van der Waals surface area contributed by atoms with E-state index in [-0.39, 0.29) is 5.41 Å². The summed E-state index contributed by atoms with van der Waals surface area (Å²) in [4.78, 5) is 17.8. The van der Waals surface area contributed by atoms with Crippen LogP contribution in [0.2, 0.25) is 0 Å². The zero-order chi connectivity index (χ0) is 19.2. The van der Waals surface area contributed by atoms with Gasteiger partial charge in [0.15, 0.2) is 0 Å². The Morgan fingerprint density at radius 3 is 2.67 bits per heavy atom. The minimum atomic E-state index is 0.138. The molecule has 1 aromatic carbocycles. The van der Waals surface area contributed by atoms with E-state index in [4.69, 9.17) is 4.98 Å². The van der Waals surface area contributed by atoms with Crippen LogP contribution in [-0.2, 0) is 5.41 Å². The number of nitrogens with zero attached hydrogens (tertiary/aromatic N) is 4. The van der Waals surface area contributed by atoms with Crippen LogP contribution in [0.3, 0.4) is 0 Å². The van der Waals surface area contributed by atoms with Crippen LogP contribution in [0, 0.1) is 6.92 Å². The van der Waals surface area contributed by atoms with E-state index in [9.17, 15) is 0 Å². The van der Waals surface area contributed by atoms with E-state index in [2.05, 4.69) is 78.7 Å². The zero-order valence-electron chi connectivity index (χ0n) is 17.0. The molecule has 3 heterocycles. The van der Waals surface area contributed by atoms with Gasteiger partial charge in [-0.1, -0.05) is 32.9 Å². The predicted octanol–water partition coefficient (Wildman–Crippen LogP) is 4.28. The molecule has 4 rings (SSSR count). The summed E-state index contributed by atoms with van der Waals surface area (Å²) in [5.74, 6) is 2.07. The van der Waals surface area contributed by atoms with Gasteiger partial charge in [0.05, 0.1) is 11.0 Å². The number of aromatic amines is 1. The highest BCUT2D eigenvalue weighted by Gasteiger charge is 2.27. The first-order valence-electron chi connectivity index (χ1n) is 9.76. The number of pyridine rings is 1. The third kappa shape index (κ3) is 3.38. The summed E-state index contributed by atoms with van der Waals surface area (Å²) in [6, 6.07) is 11.1. The Bertz CT molecular complexity index is 953. The lowest BCUT2D eigenvalue weighted by Crippen LogP contribution is -2.53. The molecule has 1 fully saturated rings. The Morgan fingerprint density at radius 2 is 1.96 bits per heavy atom. The summed E-state index contributed by atoms with van der Waals surface area (Å²) < 4.78 is 0. The Morgan fingerprint density at radius 1 is 1.15 bits per heavy atom. The second kappa shape index (κ2) is 6.55. The molecule has 1 aliphatic rings. The lowest BCUT2D eigenvalue weighted by molar-refractivity contribution is 0.539. The molecule has 1 N–H and O–H groups in total. The first-order valence-corrected chi connectivity index (χ1v) is 9.76. The number of fused-ring (bicyclic) bond motifs is 1. The third-order valence-corrected chi connectivity index (χ3v) is 5.52. The van der Waals surface area contributed by atoms with E-state index in [1.807, 2.05) is 12.3 Å². The number of hydrogen-bond donors (Lipinski definition) is 1. The maximum Gasteiger partial charge on any atom is 0.204 e. The van der Waals surface area contributed by atoms with Crippen molar-refractivity contribution in [1.29, 1.82) is 0 Å². The van der Waals surface area contributed by atoms with Gasteiger partial charge >= 0.3 is 0 Å². The summed E-state index contributed by atoms with van der Waals surface area (Å²) >= 11 is 0. The highest BCUT2D eigenvalue weighted by atomic mass is 15.4. The Labute approximate surface area is 161 Å². The number of nitrogens with one attached hydrogen (secondary N) is 1. The first-order chi connectivity index (χ1) is 12.8. The van der Waals surface area contributed by atoms with Crippen molar-refractivity contribution in [3.05, 3.63) is 47.7 Å². The van der Waals surface area contributed by atoms with Crippen LogP contribution in [0.1, 0.15) is 38.8 Å². The van der Waals surface area contributed by atoms with Gasteiger partial charge in [0.2, 0.25) is 5.95 Å². The molecular formula is C22H29N5. The molecule has 0 bridgehead atoms. The van der Waals surface area contributed by atoms with Gasteiger partial charge in [0.25, 0.3) is 0 Å². The molecule has 27 heavy (non-hydrogen) atoms. The topological polar surface area (TPSA) is 48.1 Å². The maximum absolute atomic E-state index is 4.86. The van der Waals surface area contributed by atoms with Crippen molar-refractivity contribution in [3.8, 4) is 0 Å². The molecule has 1 atom stereocenters. The quantitative estimate of drug-likeness (QED) is 0.738. The molecule has 3 aromatic rings. The van der Waals surface area contributed by atoms with Crippen molar-refractivity contribution in [2.75, 3.05) is 29.4 Å². The van der Waals surface area contributed by atoms with E-state index < -0.39 is 0 Å². The third-order valence-electron chi connectivity index (χ3n) is 5.52. The lowest BCUT2D eigenvalue weighted by atomic mass is 9.87. The fourth-order valence-electron chi connectivity index (χ4n) is 3.87. The average Bonchev–Trinajstić information content (AvgIpc) is 3.04. The molecule has 142 valence electrons. The van der Waals surface area contributed by atoms with Crippen molar-refractivity contribution in [3.63, 3.8) is 0 Å². The molecule has 1 saturated heterocycles. The largest absolute Gasteiger partial charge is 0.353 e. The molecule has 1 unspecified atom stereocenters. The summed E-state index contributed by atoms with van der Waals surface area (Å²) in [5, 5.41) is 0. The van der Waals surface area contributed by atoms with Crippen molar-refractivity contribution >= 4 is 22.8 Å². The number of rotatable bonds is 2. The molecule has 0 spiro atoms. The normalized spacial score (nSPS) is 18.3. The molecule has 0 amide bonds. The summed E-state index contributed by atoms with van der Waals surface area (Å²) in [6.07, 6.45) is 1.88. The van der Waals surface area contributed by atoms with Gasteiger partial charge < -0.3 is 14.8 Å². The number of piperazine rings is 1. The number of H-pyrrole nitrogens is 1. The summed E-state index contributed by atoms with van der Waals surface area (Å²) in [6.45, 7) is 14.0. The van der Waals surface area contributed by atoms with Crippen LogP contribution in [-0.4, -0.2) is 40.6 Å². The van der Waals surface area contributed by atoms with Crippen molar-refractivity contribution < 1.29 is 0 Å². The van der Waals surface area contributed by atoms with E-state index in [1.165, 1.54) is 11.1 Å². The van der Waals surface area contributed by atoms with Crippen LogP contribution >= 0.6 is 0 Å². The number of hydrogen-bond acceptors (Lipinski definition) is 4. The minimum Gasteiger partial charge on any atom is -0.353 e. The number of aryl methyl sites for hydroxylation is 1. The SMILES string of the molecule is Cc1cccnc1N1CCN(c2nc3ccc(C(C)(C)C)cc3[nH]2)C(C)C1. The molecule has 5 heteroatoms. The number of anilines is 2. The maximum atomic E-state index is 4.86. The van der Waals surface area contributed by atoms with Gasteiger partial charge in [0, 0.05) is 31.9 Å². The average molecular weight is 364 g/mol. The fourth-order valence-corrected chi connectivity index (χ4v) is 3.87. The Balaban J connectivity index is 1.57. The van der Waals surface area contributed by atoms with Crippen molar-refractivity contribution in [2.24, 2.45) is 0 Å². The highest BCUT2D eigenvalue weighted by Crippen LogP contribution is 2.28. The second-order valence-corrected chi connectivity index (χ2v) is 8.67. The van der Waals surface area contributed by atoms with Crippen LogP contribution in [0.25, 0.3) is 11.0 Å². The van der Waals surface area contributed by atoms with Crippen molar-refractivity contribution in [2.45, 2.75) is 46.1 Å². The summed E-state index contributed by atoms with van der Waals surface area (Å²) in [5.41, 5.74) is 4.85. The Hall–Kier alpha value is -2.56. The standard InChI is InChI=1S/C22H29N5/c1-15-7-6-10-23-20(15)26-11-12-27(16(2)14-26)21-24-18-9-8-17(22(3,4)5)13-19(18)25-21/h6-10,13,16H,11-12,14H2,1-5H3,(H,24,25). The van der Waals surface area contributed by atoms with Gasteiger partial charge in [-0.2, -0.15) is 0 Å². The van der Waals surface area contributed by atoms with E-state index in [0.29, 0.717) is 6.04 Å². The van der Waals surface area contributed by atoms with Gasteiger partial charge in [-0.25, -0.2) is 9.97 Å². The van der Waals surface area contributed by atoms with Crippen LogP contribution in [0.15, 0.2) is 36.5 Å². The van der Waals surface area contributed by atoms with Gasteiger partial charge in [0.1, 0.15) is 5.82 Å². The van der Waals surface area contributed by atoms with Crippen LogP contribution < -0.4 is 9.80 Å². The van der Waals surface area contributed by atoms with Crippen LogP contribution in [0.4, 0.5) is 11.8 Å². The molecule has 0 radical (unpaired) electrons. The molecule has 0 saturated carbocycles. The fraction of sp³-hybridized carbons (Fsp3) is 0.455. The first kappa shape index (κ1) is 17.8. The minimum absolute atomic E-state index is 0.138. The van der Waals surface area contributed by atoms with Gasteiger partial charge in [-0.3, -0.25) is 0 Å². The lowest BCUT2D eigenvalue weighted by Gasteiger charge is -2.40. The molecular weight excluding hydrogens is 334 g/mol. The van der Waals surface area contributed by atoms with Crippen molar-refractivity contribution in [1.82, 2.24) is 15.0 Å². The monoisotopic (exact) mass is 363 g/mol.